The number of terminal acetylenes is 1. The van der Waals surface area contributed by atoms with Crippen molar-refractivity contribution in [2.45, 2.75) is 19.4 Å². The highest BCUT2D eigenvalue weighted by molar-refractivity contribution is 6.29. The Bertz CT molecular complexity index is 319. The zero-order valence-electron chi connectivity index (χ0n) is 7.29. The smallest absolute Gasteiger partial charge is 0.134 e. The Morgan fingerprint density at radius 3 is 3.00 bits per heavy atom. The Kier molecular flexibility index (Phi) is 3.53. The highest BCUT2D eigenvalue weighted by Gasteiger charge is 2.02. The third kappa shape index (κ3) is 2.92. The highest BCUT2D eigenvalue weighted by atomic mass is 35.5. The van der Waals surface area contributed by atoms with Crippen molar-refractivity contribution in [3.63, 3.8) is 0 Å². The van der Waals surface area contributed by atoms with Crippen molar-refractivity contribution < 1.29 is 0 Å². The second-order valence-electron chi connectivity index (χ2n) is 2.50. The molecule has 1 heterocycles. The van der Waals surface area contributed by atoms with Crippen LogP contribution in [0.3, 0.4) is 0 Å². The Morgan fingerprint density at radius 1 is 1.69 bits per heavy atom. The number of halogens is 1. The molecule has 1 rings (SSSR count). The van der Waals surface area contributed by atoms with Crippen LogP contribution in [0.15, 0.2) is 12.4 Å². The van der Waals surface area contributed by atoms with Gasteiger partial charge in [-0.25, -0.2) is 9.97 Å². The molecule has 1 atom stereocenters. The second kappa shape index (κ2) is 4.68. The van der Waals surface area contributed by atoms with E-state index in [-0.39, 0.29) is 6.04 Å². The predicted octanol–water partition coefficient (Wildman–Crippen LogP) is 1.95. The molecule has 1 unspecified atom stereocenters. The maximum atomic E-state index is 5.67. The summed E-state index contributed by atoms with van der Waals surface area (Å²) in [4.78, 5) is 7.73. The lowest BCUT2D eigenvalue weighted by molar-refractivity contribution is 0.849. The lowest BCUT2D eigenvalue weighted by Gasteiger charge is -2.10. The second-order valence-corrected chi connectivity index (χ2v) is 2.89. The lowest BCUT2D eigenvalue weighted by atomic mass is 10.2. The molecule has 1 aromatic heterocycles. The van der Waals surface area contributed by atoms with Gasteiger partial charge in [-0.3, -0.25) is 0 Å². The van der Waals surface area contributed by atoms with Crippen LogP contribution in [0.25, 0.3) is 0 Å². The van der Waals surface area contributed by atoms with Gasteiger partial charge in [0.25, 0.3) is 0 Å². The van der Waals surface area contributed by atoms with Crippen LogP contribution in [-0.4, -0.2) is 16.0 Å². The molecule has 0 aromatic carbocycles. The molecule has 68 valence electrons. The predicted molar refractivity (Wildman–Crippen MR) is 53.6 cm³/mol. The fourth-order valence-corrected chi connectivity index (χ4v) is 1.000. The van der Waals surface area contributed by atoms with Gasteiger partial charge >= 0.3 is 0 Å². The van der Waals surface area contributed by atoms with Crippen LogP contribution >= 0.6 is 11.6 Å². The van der Waals surface area contributed by atoms with Gasteiger partial charge in [0.2, 0.25) is 0 Å². The van der Waals surface area contributed by atoms with Gasteiger partial charge in [0.15, 0.2) is 0 Å². The van der Waals surface area contributed by atoms with Crippen molar-refractivity contribution in [2.24, 2.45) is 0 Å². The van der Waals surface area contributed by atoms with Gasteiger partial charge in [-0.1, -0.05) is 24.4 Å². The van der Waals surface area contributed by atoms with E-state index in [0.717, 1.165) is 6.42 Å². The summed E-state index contributed by atoms with van der Waals surface area (Å²) in [6, 6.07) is 1.63. The van der Waals surface area contributed by atoms with Crippen molar-refractivity contribution >= 4 is 17.4 Å². The first-order chi connectivity index (χ1) is 6.26. The molecule has 4 heteroatoms. The van der Waals surface area contributed by atoms with Crippen LogP contribution < -0.4 is 5.32 Å². The number of nitrogens with zero attached hydrogens (tertiary/aromatic N) is 2. The van der Waals surface area contributed by atoms with Crippen molar-refractivity contribution in [3.8, 4) is 12.3 Å². The van der Waals surface area contributed by atoms with E-state index in [9.17, 15) is 0 Å². The van der Waals surface area contributed by atoms with Gasteiger partial charge in [-0.05, 0) is 6.42 Å². The molecule has 0 spiro atoms. The molecular formula is C9H10ClN3. The quantitative estimate of drug-likeness (QED) is 0.592. The number of nitrogens with one attached hydrogen (secondary N) is 1. The summed E-state index contributed by atoms with van der Waals surface area (Å²) in [5, 5.41) is 3.45. The molecule has 0 aliphatic carbocycles. The largest absolute Gasteiger partial charge is 0.356 e. The molecule has 13 heavy (non-hydrogen) atoms. The maximum Gasteiger partial charge on any atom is 0.134 e. The van der Waals surface area contributed by atoms with Gasteiger partial charge in [0, 0.05) is 6.07 Å². The fourth-order valence-electron chi connectivity index (χ4n) is 0.853. The maximum absolute atomic E-state index is 5.67. The average molecular weight is 196 g/mol. The van der Waals surface area contributed by atoms with E-state index >= 15 is 0 Å². The van der Waals surface area contributed by atoms with E-state index in [4.69, 9.17) is 18.0 Å². The van der Waals surface area contributed by atoms with Gasteiger partial charge in [0.1, 0.15) is 17.3 Å². The summed E-state index contributed by atoms with van der Waals surface area (Å²) in [5.41, 5.74) is 0. The Morgan fingerprint density at radius 2 is 2.46 bits per heavy atom. The number of hydrogen-bond donors (Lipinski definition) is 1. The van der Waals surface area contributed by atoms with Crippen molar-refractivity contribution in [2.75, 3.05) is 5.32 Å². The first-order valence-electron chi connectivity index (χ1n) is 3.96. The lowest BCUT2D eigenvalue weighted by Crippen LogP contribution is -2.16. The molecule has 0 radical (unpaired) electrons. The van der Waals surface area contributed by atoms with Crippen LogP contribution in [0, 0.1) is 12.3 Å². The molecular weight excluding hydrogens is 186 g/mol. The Hall–Kier alpha value is -1.27. The topological polar surface area (TPSA) is 37.8 Å². The van der Waals surface area contributed by atoms with E-state index in [0.29, 0.717) is 11.0 Å². The third-order valence-corrected chi connectivity index (χ3v) is 1.77. The van der Waals surface area contributed by atoms with E-state index < -0.39 is 0 Å². The summed E-state index contributed by atoms with van der Waals surface area (Å²) in [6.07, 6.45) is 7.52. The van der Waals surface area contributed by atoms with Gasteiger partial charge in [-0.15, -0.1) is 6.42 Å². The Balaban J connectivity index is 2.69. The van der Waals surface area contributed by atoms with E-state index in [2.05, 4.69) is 21.2 Å². The monoisotopic (exact) mass is 195 g/mol. The van der Waals surface area contributed by atoms with E-state index in [1.807, 2.05) is 6.92 Å². The van der Waals surface area contributed by atoms with Crippen LogP contribution in [0.1, 0.15) is 13.3 Å². The van der Waals surface area contributed by atoms with Gasteiger partial charge in [0.05, 0.1) is 6.04 Å². The van der Waals surface area contributed by atoms with E-state index in [1.54, 1.807) is 6.07 Å². The molecule has 1 N–H and O–H groups in total. The zero-order chi connectivity index (χ0) is 9.68. The number of rotatable bonds is 3. The SMILES string of the molecule is C#CC(CC)Nc1cc(Cl)ncn1. The standard InChI is InChI=1S/C9H10ClN3/c1-3-7(4-2)13-9-5-8(10)11-6-12-9/h1,5-7H,4H2,2H3,(H,11,12,13). The molecule has 0 fully saturated rings. The molecule has 0 aliphatic rings. The first kappa shape index (κ1) is 9.82. The molecule has 3 nitrogen and oxygen atoms in total. The van der Waals surface area contributed by atoms with Gasteiger partial charge in [-0.2, -0.15) is 0 Å². The summed E-state index contributed by atoms with van der Waals surface area (Å²) < 4.78 is 0. The number of hydrogen-bond acceptors (Lipinski definition) is 3. The molecule has 0 amide bonds. The molecule has 0 aliphatic heterocycles. The zero-order valence-corrected chi connectivity index (χ0v) is 8.04. The van der Waals surface area contributed by atoms with Crippen molar-refractivity contribution in [1.82, 2.24) is 9.97 Å². The van der Waals surface area contributed by atoms with Crippen LogP contribution in [0.5, 0.6) is 0 Å². The van der Waals surface area contributed by atoms with E-state index in [1.165, 1.54) is 6.33 Å². The molecule has 0 saturated carbocycles. The minimum atomic E-state index is -0.00836. The summed E-state index contributed by atoms with van der Waals surface area (Å²) >= 11 is 5.67. The molecule has 0 saturated heterocycles. The minimum Gasteiger partial charge on any atom is -0.356 e. The number of anilines is 1. The van der Waals surface area contributed by atoms with Crippen LogP contribution in [-0.2, 0) is 0 Å². The summed E-state index contributed by atoms with van der Waals surface area (Å²) in [7, 11) is 0. The molecule has 1 aromatic rings. The third-order valence-electron chi connectivity index (χ3n) is 1.57. The fraction of sp³-hybridized carbons (Fsp3) is 0.333. The Labute approximate surface area is 82.5 Å². The normalized spacial score (nSPS) is 11.8. The average Bonchev–Trinajstić information content (AvgIpc) is 2.14. The summed E-state index contributed by atoms with van der Waals surface area (Å²) in [6.45, 7) is 2.00. The first-order valence-corrected chi connectivity index (χ1v) is 4.34. The van der Waals surface area contributed by atoms with Crippen molar-refractivity contribution in [1.29, 1.82) is 0 Å². The number of aromatic nitrogens is 2. The van der Waals surface area contributed by atoms with Crippen LogP contribution in [0.2, 0.25) is 5.15 Å². The summed E-state index contributed by atoms with van der Waals surface area (Å²) in [5.74, 6) is 3.26. The highest BCUT2D eigenvalue weighted by Crippen LogP contribution is 2.10. The molecule has 0 bridgehead atoms. The van der Waals surface area contributed by atoms with Crippen LogP contribution in [0.4, 0.5) is 5.82 Å². The minimum absolute atomic E-state index is 0.00836. The van der Waals surface area contributed by atoms with Gasteiger partial charge < -0.3 is 5.32 Å². The van der Waals surface area contributed by atoms with Crippen molar-refractivity contribution in [3.05, 3.63) is 17.5 Å².